The van der Waals surface area contributed by atoms with E-state index in [4.69, 9.17) is 28.4 Å². The molecule has 2 aliphatic rings. The van der Waals surface area contributed by atoms with Crippen molar-refractivity contribution in [1.82, 2.24) is 0 Å². The van der Waals surface area contributed by atoms with Crippen molar-refractivity contribution >= 4 is 5.97 Å². The van der Waals surface area contributed by atoms with Crippen LogP contribution in [0.2, 0.25) is 0 Å². The number of carbonyl (C=O) groups is 1. The van der Waals surface area contributed by atoms with Crippen molar-refractivity contribution in [2.24, 2.45) is 0 Å². The molecule has 0 amide bonds. The Morgan fingerprint density at radius 1 is 0.479 bits per heavy atom. The highest BCUT2D eigenvalue weighted by atomic mass is 16.7. The molecule has 0 radical (unpaired) electrons. The molecule has 11 atom stereocenters. The molecule has 0 aromatic carbocycles. The third-order valence-corrected chi connectivity index (χ3v) is 13.7. The lowest BCUT2D eigenvalue weighted by molar-refractivity contribution is -0.332. The summed E-state index contributed by atoms with van der Waals surface area (Å²) in [5.74, 6) is -0.390. The predicted octanol–water partition coefficient (Wildman–Crippen LogP) is 9.75. The minimum atomic E-state index is -1.71. The number of hydrogen-bond acceptors (Lipinski definition) is 14. The number of carbonyl (C=O) groups excluding carboxylic acids is 1. The lowest BCUT2D eigenvalue weighted by Gasteiger charge is -2.42. The summed E-state index contributed by atoms with van der Waals surface area (Å²) in [6.07, 6.45) is 35.0. The van der Waals surface area contributed by atoms with Crippen molar-refractivity contribution in [3.63, 3.8) is 0 Å². The first-order valence-corrected chi connectivity index (χ1v) is 28.6. The molecule has 71 heavy (non-hydrogen) atoms. The van der Waals surface area contributed by atoms with Crippen molar-refractivity contribution < 1.29 is 69.0 Å². The number of ether oxygens (including phenoxy) is 6. The van der Waals surface area contributed by atoms with Gasteiger partial charge in [-0.15, -0.1) is 0 Å². The third kappa shape index (κ3) is 31.6. The fourth-order valence-electron chi connectivity index (χ4n) is 9.07. The number of unbranched alkanes of at least 4 members (excludes halogenated alkanes) is 26. The Morgan fingerprint density at radius 2 is 0.915 bits per heavy atom. The van der Waals surface area contributed by atoms with Crippen LogP contribution in [0.15, 0.2) is 36.5 Å². The van der Waals surface area contributed by atoms with Gasteiger partial charge in [0.15, 0.2) is 12.6 Å². The van der Waals surface area contributed by atoms with Gasteiger partial charge in [-0.3, -0.25) is 4.79 Å². The fourth-order valence-corrected chi connectivity index (χ4v) is 9.07. The fraction of sp³-hybridized carbons (Fsp3) is 0.877. The minimum Gasteiger partial charge on any atom is -0.457 e. The van der Waals surface area contributed by atoms with Gasteiger partial charge in [-0.1, -0.05) is 204 Å². The van der Waals surface area contributed by atoms with Gasteiger partial charge < -0.3 is 64.2 Å². The van der Waals surface area contributed by atoms with Crippen LogP contribution in [-0.4, -0.2) is 142 Å². The molecule has 14 nitrogen and oxygen atoms in total. The van der Waals surface area contributed by atoms with E-state index in [1.165, 1.54) is 122 Å². The summed E-state index contributed by atoms with van der Waals surface area (Å²) in [6.45, 7) is 3.59. The van der Waals surface area contributed by atoms with E-state index in [0.717, 1.165) is 70.6 Å². The van der Waals surface area contributed by atoms with Gasteiger partial charge in [0.05, 0.1) is 26.4 Å². The average molecular weight is 1010 g/mol. The molecule has 0 aliphatic carbocycles. The summed E-state index contributed by atoms with van der Waals surface area (Å²) in [5, 5.41) is 72.3. The van der Waals surface area contributed by atoms with Gasteiger partial charge in [0.2, 0.25) is 0 Å². The van der Waals surface area contributed by atoms with E-state index in [1.807, 2.05) is 0 Å². The minimum absolute atomic E-state index is 0.0574. The molecule has 0 aromatic rings. The predicted molar refractivity (Wildman–Crippen MR) is 280 cm³/mol. The summed E-state index contributed by atoms with van der Waals surface area (Å²) in [7, 11) is 0. The standard InChI is InChI=1S/C57H104O14/c1-3-5-7-9-11-13-15-17-19-20-21-22-23-24-25-27-29-31-33-35-37-39-41-66-43-46(69-49(59)40-38-36-34-32-30-28-26-18-16-14-12-10-8-6-4-2)44-67-56-55(65)53(63)51(61)48(71-56)45-68-57-54(64)52(62)50(60)47(42-58)70-57/h6,8,12,14,18,26,46-48,50-58,60-65H,3-5,7,9-11,13,15-17,19-25,27-45H2,1-2H3/b8-6-,14-12-,26-18-. The van der Waals surface area contributed by atoms with E-state index in [2.05, 4.69) is 50.3 Å². The molecule has 0 spiro atoms. The number of hydrogen-bond donors (Lipinski definition) is 7. The SMILES string of the molecule is CC/C=C\C/C=C\C/C=C\CCCCCCCC(=O)OC(COCCCCCCCCCCCCCCCCCCCCCCCC)COC1OC(COC2OC(CO)C(O)C(O)C2O)C(O)C(O)C1O. The molecule has 2 aliphatic heterocycles. The molecule has 11 unspecified atom stereocenters. The molecule has 2 saturated heterocycles. The second-order valence-corrected chi connectivity index (χ2v) is 20.1. The van der Waals surface area contributed by atoms with Crippen molar-refractivity contribution in [2.45, 2.75) is 287 Å². The Morgan fingerprint density at radius 3 is 1.44 bits per heavy atom. The van der Waals surface area contributed by atoms with Crippen LogP contribution in [0.25, 0.3) is 0 Å². The molecular formula is C57H104O14. The van der Waals surface area contributed by atoms with Crippen molar-refractivity contribution in [1.29, 1.82) is 0 Å². The van der Waals surface area contributed by atoms with Crippen LogP contribution >= 0.6 is 0 Å². The summed E-state index contributed by atoms with van der Waals surface area (Å²) >= 11 is 0. The Kier molecular flexibility index (Phi) is 40.9. The molecule has 7 N–H and O–H groups in total. The van der Waals surface area contributed by atoms with Crippen LogP contribution in [0.4, 0.5) is 0 Å². The van der Waals surface area contributed by atoms with Crippen LogP contribution in [0.3, 0.4) is 0 Å². The zero-order valence-electron chi connectivity index (χ0n) is 44.5. The molecule has 416 valence electrons. The Balaban J connectivity index is 1.71. The Bertz CT molecular complexity index is 1310. The van der Waals surface area contributed by atoms with E-state index in [1.54, 1.807) is 0 Å². The Hall–Kier alpha value is -1.79. The van der Waals surface area contributed by atoms with Gasteiger partial charge in [0.1, 0.15) is 54.9 Å². The summed E-state index contributed by atoms with van der Waals surface area (Å²) in [5.41, 5.74) is 0. The molecule has 0 bridgehead atoms. The van der Waals surface area contributed by atoms with E-state index >= 15 is 0 Å². The highest BCUT2D eigenvalue weighted by Gasteiger charge is 2.47. The first-order chi connectivity index (χ1) is 34.6. The second kappa shape index (κ2) is 44.5. The van der Waals surface area contributed by atoms with Gasteiger partial charge >= 0.3 is 5.97 Å². The maximum Gasteiger partial charge on any atom is 0.306 e. The van der Waals surface area contributed by atoms with Crippen molar-refractivity contribution in [3.8, 4) is 0 Å². The zero-order chi connectivity index (χ0) is 51.6. The lowest BCUT2D eigenvalue weighted by Crippen LogP contribution is -2.61. The topological polar surface area (TPSA) is 214 Å². The van der Waals surface area contributed by atoms with Crippen LogP contribution in [0, 0.1) is 0 Å². The second-order valence-electron chi connectivity index (χ2n) is 20.1. The summed E-state index contributed by atoms with van der Waals surface area (Å²) in [4.78, 5) is 13.0. The molecule has 0 saturated carbocycles. The zero-order valence-corrected chi connectivity index (χ0v) is 44.5. The van der Waals surface area contributed by atoms with Gasteiger partial charge in [-0.05, 0) is 44.9 Å². The summed E-state index contributed by atoms with van der Waals surface area (Å²) < 4.78 is 34.4. The Labute approximate surface area is 429 Å². The normalized spacial score (nSPS) is 25.5. The van der Waals surface area contributed by atoms with Crippen molar-refractivity contribution in [2.75, 3.05) is 33.0 Å². The first kappa shape index (κ1) is 65.3. The maximum atomic E-state index is 13.0. The van der Waals surface area contributed by atoms with Gasteiger partial charge in [0, 0.05) is 13.0 Å². The monoisotopic (exact) mass is 1010 g/mol. The van der Waals surface area contributed by atoms with E-state index in [0.29, 0.717) is 13.0 Å². The maximum absolute atomic E-state index is 13.0. The highest BCUT2D eigenvalue weighted by Crippen LogP contribution is 2.27. The highest BCUT2D eigenvalue weighted by molar-refractivity contribution is 5.69. The molecule has 2 heterocycles. The van der Waals surface area contributed by atoms with Gasteiger partial charge in [-0.25, -0.2) is 0 Å². The van der Waals surface area contributed by atoms with Crippen molar-refractivity contribution in [3.05, 3.63) is 36.5 Å². The van der Waals surface area contributed by atoms with Crippen LogP contribution < -0.4 is 0 Å². The molecule has 2 rings (SSSR count). The number of aliphatic hydroxyl groups is 7. The molecule has 14 heteroatoms. The van der Waals surface area contributed by atoms with Crippen LogP contribution in [0.1, 0.15) is 219 Å². The average Bonchev–Trinajstić information content (AvgIpc) is 3.37. The van der Waals surface area contributed by atoms with Crippen LogP contribution in [-0.2, 0) is 33.2 Å². The number of rotatable bonds is 46. The van der Waals surface area contributed by atoms with E-state index in [-0.39, 0.29) is 25.6 Å². The van der Waals surface area contributed by atoms with Gasteiger partial charge in [-0.2, -0.15) is 0 Å². The lowest BCUT2D eigenvalue weighted by atomic mass is 9.98. The smallest absolute Gasteiger partial charge is 0.306 e. The molecular weight excluding hydrogens is 909 g/mol. The quantitative estimate of drug-likeness (QED) is 0.0172. The van der Waals surface area contributed by atoms with Crippen LogP contribution in [0.5, 0.6) is 0 Å². The van der Waals surface area contributed by atoms with E-state index < -0.39 is 80.7 Å². The summed E-state index contributed by atoms with van der Waals surface area (Å²) in [6, 6.07) is 0. The van der Waals surface area contributed by atoms with E-state index in [9.17, 15) is 40.5 Å². The third-order valence-electron chi connectivity index (χ3n) is 13.7. The van der Waals surface area contributed by atoms with Gasteiger partial charge in [0.25, 0.3) is 0 Å². The number of allylic oxidation sites excluding steroid dienone is 6. The molecule has 2 fully saturated rings. The molecule has 0 aromatic heterocycles. The number of esters is 1. The first-order valence-electron chi connectivity index (χ1n) is 28.6. The largest absolute Gasteiger partial charge is 0.457 e. The number of aliphatic hydroxyl groups excluding tert-OH is 7.